The van der Waals surface area contributed by atoms with Gasteiger partial charge in [-0.15, -0.1) is 0 Å². The summed E-state index contributed by atoms with van der Waals surface area (Å²) in [5.74, 6) is -0.319. The molecular formula is C19H13ClN4O. The largest absolute Gasteiger partial charge is 0.354 e. The minimum absolute atomic E-state index is 0.288. The molecule has 2 aromatic carbocycles. The van der Waals surface area contributed by atoms with Crippen molar-refractivity contribution >= 4 is 34.6 Å². The normalized spacial score (nSPS) is 9.92. The fraction of sp³-hybridized carbons (Fsp3) is 0. The third kappa shape index (κ3) is 4.34. The molecule has 1 aromatic heterocycles. The minimum Gasteiger partial charge on any atom is -0.354 e. The molecule has 3 rings (SSSR count). The van der Waals surface area contributed by atoms with Crippen LogP contribution in [0.4, 0.5) is 17.1 Å². The van der Waals surface area contributed by atoms with Gasteiger partial charge in [0.05, 0.1) is 23.5 Å². The molecule has 2 N–H and O–H groups in total. The number of nitrogens with one attached hydrogen (secondary N) is 2. The number of hydrogen-bond donors (Lipinski definition) is 2. The summed E-state index contributed by atoms with van der Waals surface area (Å²) in [4.78, 5) is 16.4. The van der Waals surface area contributed by atoms with Crippen LogP contribution in [0.5, 0.6) is 0 Å². The number of carbonyl (C=O) groups is 1. The van der Waals surface area contributed by atoms with Crippen LogP contribution in [-0.4, -0.2) is 10.9 Å². The summed E-state index contributed by atoms with van der Waals surface area (Å²) in [6.07, 6.45) is 1.56. The molecule has 5 nitrogen and oxygen atoms in total. The fourth-order valence-corrected chi connectivity index (χ4v) is 2.39. The number of halogens is 1. The van der Waals surface area contributed by atoms with Crippen LogP contribution >= 0.6 is 11.6 Å². The number of nitriles is 1. The van der Waals surface area contributed by atoms with Gasteiger partial charge in [-0.05, 0) is 48.5 Å². The van der Waals surface area contributed by atoms with E-state index in [4.69, 9.17) is 16.9 Å². The van der Waals surface area contributed by atoms with Crippen LogP contribution in [0.15, 0.2) is 66.9 Å². The molecule has 0 bridgehead atoms. The van der Waals surface area contributed by atoms with E-state index in [0.29, 0.717) is 16.3 Å². The Kier molecular flexibility index (Phi) is 4.93. The Balaban J connectivity index is 1.69. The highest BCUT2D eigenvalue weighted by atomic mass is 35.5. The van der Waals surface area contributed by atoms with E-state index in [-0.39, 0.29) is 11.6 Å². The Bertz CT molecular complexity index is 948. The molecule has 122 valence electrons. The summed E-state index contributed by atoms with van der Waals surface area (Å²) in [6, 6.07) is 19.5. The van der Waals surface area contributed by atoms with Crippen molar-refractivity contribution in [2.24, 2.45) is 0 Å². The number of rotatable bonds is 4. The molecule has 0 radical (unpaired) electrons. The molecule has 0 unspecified atom stereocenters. The SMILES string of the molecule is N#Cc1cccc(Nc2ccc(C(=O)Nc3cccc(Cl)c3)nc2)c1. The molecule has 6 heteroatoms. The average molecular weight is 349 g/mol. The van der Waals surface area contributed by atoms with Crippen molar-refractivity contribution in [3.05, 3.63) is 83.1 Å². The number of nitrogens with zero attached hydrogens (tertiary/aromatic N) is 2. The van der Waals surface area contributed by atoms with Gasteiger partial charge < -0.3 is 10.6 Å². The first-order chi connectivity index (χ1) is 12.1. The number of anilines is 3. The number of aromatic nitrogens is 1. The quantitative estimate of drug-likeness (QED) is 0.722. The Morgan fingerprint density at radius 2 is 1.80 bits per heavy atom. The van der Waals surface area contributed by atoms with Crippen molar-refractivity contribution in [3.63, 3.8) is 0 Å². The lowest BCUT2D eigenvalue weighted by Gasteiger charge is -2.08. The van der Waals surface area contributed by atoms with Crippen LogP contribution in [0.2, 0.25) is 5.02 Å². The highest BCUT2D eigenvalue weighted by Gasteiger charge is 2.08. The molecule has 3 aromatic rings. The zero-order chi connectivity index (χ0) is 17.6. The van der Waals surface area contributed by atoms with Gasteiger partial charge in [0.15, 0.2) is 0 Å². The van der Waals surface area contributed by atoms with E-state index in [2.05, 4.69) is 21.7 Å². The van der Waals surface area contributed by atoms with Crippen molar-refractivity contribution in [3.8, 4) is 6.07 Å². The van der Waals surface area contributed by atoms with E-state index in [1.54, 1.807) is 60.8 Å². The molecule has 0 saturated carbocycles. The second-order valence-electron chi connectivity index (χ2n) is 5.21. The maximum Gasteiger partial charge on any atom is 0.274 e. The molecule has 0 aliphatic heterocycles. The first-order valence-electron chi connectivity index (χ1n) is 7.44. The summed E-state index contributed by atoms with van der Waals surface area (Å²) in [5.41, 5.74) is 2.95. The molecule has 1 heterocycles. The lowest BCUT2D eigenvalue weighted by molar-refractivity contribution is 0.102. The maximum absolute atomic E-state index is 12.2. The lowest BCUT2D eigenvalue weighted by atomic mass is 10.2. The predicted molar refractivity (Wildman–Crippen MR) is 98.1 cm³/mol. The lowest BCUT2D eigenvalue weighted by Crippen LogP contribution is -2.13. The number of pyridine rings is 1. The van der Waals surface area contributed by atoms with E-state index in [1.165, 1.54) is 0 Å². The van der Waals surface area contributed by atoms with Gasteiger partial charge in [-0.2, -0.15) is 5.26 Å². The molecular weight excluding hydrogens is 336 g/mol. The summed E-state index contributed by atoms with van der Waals surface area (Å²) >= 11 is 5.90. The summed E-state index contributed by atoms with van der Waals surface area (Å²) in [5, 5.41) is 15.3. The molecule has 0 aliphatic carbocycles. The third-order valence-corrected chi connectivity index (χ3v) is 3.59. The van der Waals surface area contributed by atoms with Crippen LogP contribution in [0.1, 0.15) is 16.1 Å². The van der Waals surface area contributed by atoms with Crippen LogP contribution in [0.25, 0.3) is 0 Å². The first kappa shape index (κ1) is 16.5. The van der Waals surface area contributed by atoms with Gasteiger partial charge >= 0.3 is 0 Å². The number of benzene rings is 2. The van der Waals surface area contributed by atoms with Crippen LogP contribution < -0.4 is 10.6 Å². The Hall–Kier alpha value is -3.36. The van der Waals surface area contributed by atoms with Gasteiger partial charge in [-0.1, -0.05) is 23.7 Å². The predicted octanol–water partition coefficient (Wildman–Crippen LogP) is 4.60. The van der Waals surface area contributed by atoms with Crippen LogP contribution in [0.3, 0.4) is 0 Å². The molecule has 0 saturated heterocycles. The fourth-order valence-electron chi connectivity index (χ4n) is 2.20. The number of carbonyl (C=O) groups excluding carboxylic acids is 1. The zero-order valence-corrected chi connectivity index (χ0v) is 13.8. The van der Waals surface area contributed by atoms with Gasteiger partial charge in [-0.25, -0.2) is 4.98 Å². The maximum atomic E-state index is 12.2. The van der Waals surface area contributed by atoms with E-state index in [9.17, 15) is 4.79 Å². The highest BCUT2D eigenvalue weighted by molar-refractivity contribution is 6.30. The van der Waals surface area contributed by atoms with E-state index < -0.39 is 0 Å². The Labute approximate surface area is 149 Å². The number of hydrogen-bond acceptors (Lipinski definition) is 4. The molecule has 0 atom stereocenters. The van der Waals surface area contributed by atoms with Gasteiger partial charge in [0.2, 0.25) is 0 Å². The van der Waals surface area contributed by atoms with Gasteiger partial charge in [-0.3, -0.25) is 4.79 Å². The van der Waals surface area contributed by atoms with Crippen LogP contribution in [-0.2, 0) is 0 Å². The third-order valence-electron chi connectivity index (χ3n) is 3.36. The van der Waals surface area contributed by atoms with E-state index in [0.717, 1.165) is 11.4 Å². The molecule has 1 amide bonds. The van der Waals surface area contributed by atoms with Crippen molar-refractivity contribution < 1.29 is 4.79 Å². The molecule has 0 spiro atoms. The van der Waals surface area contributed by atoms with Gasteiger partial charge in [0, 0.05) is 16.4 Å². The number of amides is 1. The summed E-state index contributed by atoms with van der Waals surface area (Å²) in [7, 11) is 0. The molecule has 0 fully saturated rings. The summed E-state index contributed by atoms with van der Waals surface area (Å²) < 4.78 is 0. The van der Waals surface area contributed by atoms with Crippen molar-refractivity contribution in [2.45, 2.75) is 0 Å². The highest BCUT2D eigenvalue weighted by Crippen LogP contribution is 2.18. The van der Waals surface area contributed by atoms with Crippen molar-refractivity contribution in [1.82, 2.24) is 4.98 Å². The monoisotopic (exact) mass is 348 g/mol. The Morgan fingerprint density at radius 3 is 2.52 bits per heavy atom. The standard InChI is InChI=1S/C19H13ClN4O/c20-14-4-2-6-16(10-14)24-19(25)18-8-7-17(12-22-18)23-15-5-1-3-13(9-15)11-21/h1-10,12,23H,(H,24,25). The minimum atomic E-state index is -0.319. The Morgan fingerprint density at radius 1 is 1.00 bits per heavy atom. The van der Waals surface area contributed by atoms with Crippen molar-refractivity contribution in [1.29, 1.82) is 5.26 Å². The van der Waals surface area contributed by atoms with Gasteiger partial charge in [0.25, 0.3) is 5.91 Å². The van der Waals surface area contributed by atoms with E-state index >= 15 is 0 Å². The van der Waals surface area contributed by atoms with Crippen molar-refractivity contribution in [2.75, 3.05) is 10.6 Å². The van der Waals surface area contributed by atoms with Gasteiger partial charge in [0.1, 0.15) is 5.69 Å². The average Bonchev–Trinajstić information content (AvgIpc) is 2.62. The smallest absolute Gasteiger partial charge is 0.274 e. The van der Waals surface area contributed by atoms with E-state index in [1.807, 2.05) is 6.07 Å². The summed E-state index contributed by atoms with van der Waals surface area (Å²) in [6.45, 7) is 0. The second-order valence-corrected chi connectivity index (χ2v) is 5.65. The van der Waals surface area contributed by atoms with Crippen LogP contribution in [0, 0.1) is 11.3 Å². The second kappa shape index (κ2) is 7.47. The first-order valence-corrected chi connectivity index (χ1v) is 7.82. The molecule has 25 heavy (non-hydrogen) atoms. The topological polar surface area (TPSA) is 77.8 Å². The molecule has 0 aliphatic rings. The zero-order valence-electron chi connectivity index (χ0n) is 13.0.